The maximum absolute atomic E-state index is 12.8. The zero-order valence-corrected chi connectivity index (χ0v) is 15.4. The van der Waals surface area contributed by atoms with Crippen molar-refractivity contribution in [3.8, 4) is 0 Å². The van der Waals surface area contributed by atoms with E-state index in [0.29, 0.717) is 17.8 Å². The lowest BCUT2D eigenvalue weighted by atomic mass is 9.49. The lowest BCUT2D eigenvalue weighted by Gasteiger charge is -2.55. The highest BCUT2D eigenvalue weighted by molar-refractivity contribution is 5.94. The van der Waals surface area contributed by atoms with Crippen LogP contribution in [0.1, 0.15) is 49.7 Å². The summed E-state index contributed by atoms with van der Waals surface area (Å²) in [6, 6.07) is 4.71. The summed E-state index contributed by atoms with van der Waals surface area (Å²) < 4.78 is 38.2. The number of nitrogens with one attached hydrogen (secondary N) is 2. The van der Waals surface area contributed by atoms with Crippen LogP contribution in [0.4, 0.5) is 13.2 Å². The van der Waals surface area contributed by atoms with Gasteiger partial charge in [0.2, 0.25) is 5.91 Å². The van der Waals surface area contributed by atoms with Crippen LogP contribution < -0.4 is 10.9 Å². The minimum absolute atomic E-state index is 0.132. The smallest absolute Gasteiger partial charge is 0.273 e. The molecule has 7 heteroatoms. The molecule has 0 aromatic heterocycles. The Morgan fingerprint density at radius 1 is 1.00 bits per heavy atom. The number of alkyl halides is 3. The van der Waals surface area contributed by atoms with Gasteiger partial charge in [0.1, 0.15) is 0 Å². The first-order chi connectivity index (χ1) is 13.2. The van der Waals surface area contributed by atoms with Crippen molar-refractivity contribution in [2.75, 3.05) is 0 Å². The molecule has 0 spiro atoms. The summed E-state index contributed by atoms with van der Waals surface area (Å²) >= 11 is 0. The number of benzene rings is 1. The second-order valence-corrected chi connectivity index (χ2v) is 8.60. The van der Waals surface area contributed by atoms with Crippen LogP contribution in [0.2, 0.25) is 0 Å². The summed E-state index contributed by atoms with van der Waals surface area (Å²) in [5, 5.41) is 0. The fourth-order valence-corrected chi connectivity index (χ4v) is 5.67. The molecule has 0 radical (unpaired) electrons. The molecule has 2 amide bonds. The van der Waals surface area contributed by atoms with E-state index in [0.717, 1.165) is 37.5 Å². The molecule has 0 atom stereocenters. The summed E-state index contributed by atoms with van der Waals surface area (Å²) in [6.07, 6.45) is 4.31. The average molecular weight is 392 g/mol. The van der Waals surface area contributed by atoms with Gasteiger partial charge in [-0.2, -0.15) is 13.2 Å². The van der Waals surface area contributed by atoms with E-state index in [4.69, 9.17) is 0 Å². The van der Waals surface area contributed by atoms with Crippen LogP contribution in [0.5, 0.6) is 0 Å². The third kappa shape index (κ3) is 3.80. The maximum atomic E-state index is 12.8. The van der Waals surface area contributed by atoms with Crippen molar-refractivity contribution in [1.29, 1.82) is 0 Å². The van der Waals surface area contributed by atoms with Crippen molar-refractivity contribution in [3.05, 3.63) is 41.5 Å². The number of halogens is 3. The summed E-state index contributed by atoms with van der Waals surface area (Å²) in [6.45, 7) is 0. The monoisotopic (exact) mass is 392 g/mol. The molecule has 4 aliphatic rings. The molecule has 28 heavy (non-hydrogen) atoms. The molecular weight excluding hydrogens is 369 g/mol. The Balaban J connectivity index is 1.34. The highest BCUT2D eigenvalue weighted by Crippen LogP contribution is 2.60. The molecule has 0 aliphatic heterocycles. The Hall–Kier alpha value is -2.31. The predicted molar refractivity (Wildman–Crippen MR) is 97.4 cm³/mol. The third-order valence-corrected chi connectivity index (χ3v) is 6.46. The lowest BCUT2D eigenvalue weighted by Crippen LogP contribution is -2.56. The molecule has 4 fully saturated rings. The van der Waals surface area contributed by atoms with Gasteiger partial charge in [-0.15, -0.1) is 0 Å². The molecule has 0 unspecified atom stereocenters. The quantitative estimate of drug-likeness (QED) is 0.602. The van der Waals surface area contributed by atoms with Crippen molar-refractivity contribution in [1.82, 2.24) is 10.9 Å². The Kier molecular flexibility index (Phi) is 4.71. The number of rotatable bonds is 3. The fraction of sp³-hybridized carbons (Fsp3) is 0.524. The number of carbonyl (C=O) groups is 2. The number of amides is 2. The van der Waals surface area contributed by atoms with Gasteiger partial charge in [-0.1, -0.05) is 12.1 Å². The first-order valence-electron chi connectivity index (χ1n) is 9.69. The molecule has 4 aliphatic carbocycles. The lowest BCUT2D eigenvalue weighted by molar-refractivity contribution is -0.148. The van der Waals surface area contributed by atoms with Crippen molar-refractivity contribution in [3.63, 3.8) is 0 Å². The molecule has 4 nitrogen and oxygen atoms in total. The molecular formula is C21H23F3N2O2. The predicted octanol–water partition coefficient (Wildman–Crippen LogP) is 4.08. The fourth-order valence-electron chi connectivity index (χ4n) is 5.67. The standard InChI is InChI=1S/C21H23F3N2O2/c22-21(23,24)17-3-1-2-13(9-17)4-5-18(27)25-26-19(28)20-10-14-6-15(11-20)8-16(7-14)12-20/h1-5,9,14-16H,6-8,10-12H2,(H,25,27)(H,26,28)/b5-4+. The van der Waals surface area contributed by atoms with Gasteiger partial charge in [0, 0.05) is 6.08 Å². The van der Waals surface area contributed by atoms with E-state index in [1.165, 1.54) is 37.5 Å². The van der Waals surface area contributed by atoms with Gasteiger partial charge < -0.3 is 0 Å². The van der Waals surface area contributed by atoms with E-state index < -0.39 is 17.6 Å². The largest absolute Gasteiger partial charge is 0.416 e. The zero-order chi connectivity index (χ0) is 19.9. The highest BCUT2D eigenvalue weighted by atomic mass is 19.4. The Morgan fingerprint density at radius 2 is 1.61 bits per heavy atom. The molecule has 150 valence electrons. The number of carbonyl (C=O) groups excluding carboxylic acids is 2. The number of hydrogen-bond donors (Lipinski definition) is 2. The third-order valence-electron chi connectivity index (χ3n) is 6.46. The average Bonchev–Trinajstić information content (AvgIpc) is 2.63. The zero-order valence-electron chi connectivity index (χ0n) is 15.4. The summed E-state index contributed by atoms with van der Waals surface area (Å²) in [7, 11) is 0. The van der Waals surface area contributed by atoms with Crippen LogP contribution in [0, 0.1) is 23.2 Å². The van der Waals surface area contributed by atoms with Gasteiger partial charge in [-0.3, -0.25) is 20.4 Å². The normalized spacial score (nSPS) is 31.2. The second-order valence-electron chi connectivity index (χ2n) is 8.60. The topological polar surface area (TPSA) is 58.2 Å². The number of hydrazine groups is 1. The van der Waals surface area contributed by atoms with Crippen LogP contribution in [0.25, 0.3) is 6.08 Å². The van der Waals surface area contributed by atoms with Crippen molar-refractivity contribution in [2.24, 2.45) is 23.2 Å². The van der Waals surface area contributed by atoms with Gasteiger partial charge in [0.25, 0.3) is 5.91 Å². The summed E-state index contributed by atoms with van der Waals surface area (Å²) in [4.78, 5) is 24.8. The number of hydrogen-bond acceptors (Lipinski definition) is 2. The van der Waals surface area contributed by atoms with Gasteiger partial charge in [-0.25, -0.2) is 0 Å². The second kappa shape index (κ2) is 6.94. The molecule has 0 saturated heterocycles. The Labute approximate surface area is 161 Å². The van der Waals surface area contributed by atoms with Crippen LogP contribution in [-0.4, -0.2) is 11.8 Å². The van der Waals surface area contributed by atoms with E-state index >= 15 is 0 Å². The molecule has 5 rings (SSSR count). The molecule has 0 heterocycles. The highest BCUT2D eigenvalue weighted by Gasteiger charge is 2.54. The van der Waals surface area contributed by atoms with Gasteiger partial charge in [0.05, 0.1) is 11.0 Å². The van der Waals surface area contributed by atoms with E-state index in [1.807, 2.05) is 0 Å². The van der Waals surface area contributed by atoms with Gasteiger partial charge >= 0.3 is 6.18 Å². The van der Waals surface area contributed by atoms with Crippen molar-refractivity contribution in [2.45, 2.75) is 44.7 Å². The molecule has 4 bridgehead atoms. The van der Waals surface area contributed by atoms with Crippen LogP contribution in [0.3, 0.4) is 0 Å². The van der Waals surface area contributed by atoms with Crippen LogP contribution in [0.15, 0.2) is 30.3 Å². The van der Waals surface area contributed by atoms with E-state index in [-0.39, 0.29) is 16.9 Å². The Morgan fingerprint density at radius 3 is 2.18 bits per heavy atom. The van der Waals surface area contributed by atoms with Crippen molar-refractivity contribution < 1.29 is 22.8 Å². The van der Waals surface area contributed by atoms with Crippen LogP contribution >= 0.6 is 0 Å². The van der Waals surface area contributed by atoms with Gasteiger partial charge in [0.15, 0.2) is 0 Å². The molecule has 2 N–H and O–H groups in total. The minimum atomic E-state index is -4.43. The minimum Gasteiger partial charge on any atom is -0.273 e. The van der Waals surface area contributed by atoms with E-state index in [2.05, 4.69) is 10.9 Å². The summed E-state index contributed by atoms with van der Waals surface area (Å²) in [5.41, 5.74) is 4.04. The Bertz CT molecular complexity index is 781. The van der Waals surface area contributed by atoms with Crippen LogP contribution in [-0.2, 0) is 15.8 Å². The van der Waals surface area contributed by atoms with E-state index in [9.17, 15) is 22.8 Å². The van der Waals surface area contributed by atoms with Crippen molar-refractivity contribution >= 4 is 17.9 Å². The first-order valence-corrected chi connectivity index (χ1v) is 9.69. The van der Waals surface area contributed by atoms with Gasteiger partial charge in [-0.05, 0) is 80.1 Å². The first kappa shape index (κ1) is 19.0. The summed E-state index contributed by atoms with van der Waals surface area (Å²) in [5.74, 6) is 1.15. The van der Waals surface area contributed by atoms with E-state index in [1.54, 1.807) is 0 Å². The molecule has 1 aromatic rings. The SMILES string of the molecule is O=C(/C=C/c1cccc(C(F)(F)F)c1)NNC(=O)C12CC3CC(CC(C3)C1)C2. The molecule has 4 saturated carbocycles. The molecule has 1 aromatic carbocycles. The maximum Gasteiger partial charge on any atom is 0.416 e.